The minimum atomic E-state index is -0.991. The number of carbonyl (C=O) groups is 1. The lowest BCUT2D eigenvalue weighted by molar-refractivity contribution is -0.137. The normalized spacial score (nSPS) is 17.0. The van der Waals surface area contributed by atoms with E-state index >= 15 is 0 Å². The predicted octanol–water partition coefficient (Wildman–Crippen LogP) is 1.18. The van der Waals surface area contributed by atoms with E-state index in [1.807, 2.05) is 0 Å². The Morgan fingerprint density at radius 1 is 1.38 bits per heavy atom. The Morgan fingerprint density at radius 3 is 2.57 bits per heavy atom. The molecule has 1 aliphatic rings. The second-order valence-corrected chi connectivity index (χ2v) is 5.88. The van der Waals surface area contributed by atoms with Crippen LogP contribution in [-0.2, 0) is 17.9 Å². The molecule has 0 bridgehead atoms. The SMILES string of the molecule is Cc1cc(=O)c(O)c(CN2CCC(C)CC2)n1CC(=O)O. The average Bonchev–Trinajstić information content (AvgIpc) is 2.42. The van der Waals surface area contributed by atoms with Crippen LogP contribution in [0.25, 0.3) is 0 Å². The van der Waals surface area contributed by atoms with Gasteiger partial charge >= 0.3 is 5.97 Å². The summed E-state index contributed by atoms with van der Waals surface area (Å²) < 4.78 is 1.51. The van der Waals surface area contributed by atoms with Crippen molar-refractivity contribution in [3.63, 3.8) is 0 Å². The van der Waals surface area contributed by atoms with Crippen LogP contribution in [0.3, 0.4) is 0 Å². The van der Waals surface area contributed by atoms with Crippen LogP contribution in [0.15, 0.2) is 10.9 Å². The van der Waals surface area contributed by atoms with Crippen LogP contribution in [0.5, 0.6) is 5.75 Å². The number of likely N-dealkylation sites (tertiary alicyclic amines) is 1. The molecule has 0 spiro atoms. The molecular weight excluding hydrogens is 272 g/mol. The number of hydrogen-bond donors (Lipinski definition) is 2. The van der Waals surface area contributed by atoms with Gasteiger partial charge in [0.25, 0.3) is 0 Å². The van der Waals surface area contributed by atoms with Gasteiger partial charge in [0, 0.05) is 18.3 Å². The van der Waals surface area contributed by atoms with Gasteiger partial charge in [0.15, 0.2) is 5.75 Å². The molecule has 6 nitrogen and oxygen atoms in total. The third-order valence-corrected chi connectivity index (χ3v) is 4.14. The quantitative estimate of drug-likeness (QED) is 0.871. The van der Waals surface area contributed by atoms with E-state index in [4.69, 9.17) is 5.11 Å². The number of aryl methyl sites for hydroxylation is 1. The summed E-state index contributed by atoms with van der Waals surface area (Å²) in [4.78, 5) is 24.9. The van der Waals surface area contributed by atoms with E-state index in [0.717, 1.165) is 25.9 Å². The molecule has 0 saturated carbocycles. The van der Waals surface area contributed by atoms with E-state index in [9.17, 15) is 14.7 Å². The zero-order chi connectivity index (χ0) is 15.6. The number of pyridine rings is 1. The van der Waals surface area contributed by atoms with E-state index in [1.165, 1.54) is 10.6 Å². The summed E-state index contributed by atoms with van der Waals surface area (Å²) in [7, 11) is 0. The van der Waals surface area contributed by atoms with Gasteiger partial charge in [0.05, 0.1) is 5.69 Å². The highest BCUT2D eigenvalue weighted by atomic mass is 16.4. The Balaban J connectivity index is 2.31. The van der Waals surface area contributed by atoms with Crippen LogP contribution >= 0.6 is 0 Å². The van der Waals surface area contributed by atoms with Crippen LogP contribution in [0.2, 0.25) is 0 Å². The maximum atomic E-state index is 11.8. The highest BCUT2D eigenvalue weighted by molar-refractivity contribution is 5.67. The van der Waals surface area contributed by atoms with Crippen molar-refractivity contribution in [2.24, 2.45) is 5.92 Å². The Hall–Kier alpha value is -1.82. The fourth-order valence-corrected chi connectivity index (χ4v) is 2.77. The van der Waals surface area contributed by atoms with Gasteiger partial charge in [-0.05, 0) is 38.8 Å². The fraction of sp³-hybridized carbons (Fsp3) is 0.600. The van der Waals surface area contributed by atoms with Gasteiger partial charge in [-0.15, -0.1) is 0 Å². The molecule has 1 aromatic heterocycles. The molecule has 6 heteroatoms. The molecule has 1 fully saturated rings. The molecule has 116 valence electrons. The second-order valence-electron chi connectivity index (χ2n) is 5.88. The average molecular weight is 294 g/mol. The minimum Gasteiger partial charge on any atom is -0.503 e. The van der Waals surface area contributed by atoms with Crippen molar-refractivity contribution in [1.82, 2.24) is 9.47 Å². The van der Waals surface area contributed by atoms with Crippen molar-refractivity contribution in [2.75, 3.05) is 13.1 Å². The van der Waals surface area contributed by atoms with Gasteiger partial charge in [-0.1, -0.05) is 6.92 Å². The Bertz CT molecular complexity index is 586. The molecule has 1 saturated heterocycles. The molecule has 2 rings (SSSR count). The maximum Gasteiger partial charge on any atom is 0.323 e. The first-order chi connectivity index (χ1) is 9.88. The number of hydrogen-bond acceptors (Lipinski definition) is 4. The molecule has 21 heavy (non-hydrogen) atoms. The van der Waals surface area contributed by atoms with Crippen molar-refractivity contribution in [1.29, 1.82) is 0 Å². The van der Waals surface area contributed by atoms with Gasteiger partial charge in [0.2, 0.25) is 5.43 Å². The number of aromatic hydroxyl groups is 1. The summed E-state index contributed by atoms with van der Waals surface area (Å²) in [5.41, 5.74) is 0.507. The number of rotatable bonds is 4. The number of aliphatic carboxylic acids is 1. The third kappa shape index (κ3) is 3.64. The molecular formula is C15H22N2O4. The fourth-order valence-electron chi connectivity index (χ4n) is 2.77. The monoisotopic (exact) mass is 294 g/mol. The molecule has 0 radical (unpaired) electrons. The largest absolute Gasteiger partial charge is 0.503 e. The van der Waals surface area contributed by atoms with Crippen LogP contribution in [0, 0.1) is 12.8 Å². The second kappa shape index (κ2) is 6.30. The van der Waals surface area contributed by atoms with Gasteiger partial charge in [-0.25, -0.2) is 0 Å². The van der Waals surface area contributed by atoms with Gasteiger partial charge < -0.3 is 14.8 Å². The number of carboxylic acids is 1. The minimum absolute atomic E-state index is 0.251. The van der Waals surface area contributed by atoms with E-state index in [-0.39, 0.29) is 12.3 Å². The number of carboxylic acid groups (broad SMARTS) is 1. The number of nitrogens with zero attached hydrogens (tertiary/aromatic N) is 2. The zero-order valence-corrected chi connectivity index (χ0v) is 12.5. The highest BCUT2D eigenvalue weighted by Crippen LogP contribution is 2.21. The van der Waals surface area contributed by atoms with Crippen molar-refractivity contribution in [3.05, 3.63) is 27.7 Å². The van der Waals surface area contributed by atoms with E-state index in [0.29, 0.717) is 23.9 Å². The van der Waals surface area contributed by atoms with Crippen LogP contribution in [0.4, 0.5) is 0 Å². The summed E-state index contributed by atoms with van der Waals surface area (Å²) >= 11 is 0. The molecule has 2 N–H and O–H groups in total. The first-order valence-electron chi connectivity index (χ1n) is 7.25. The van der Waals surface area contributed by atoms with Gasteiger partial charge in [0.1, 0.15) is 6.54 Å². The first kappa shape index (κ1) is 15.6. The predicted molar refractivity (Wildman–Crippen MR) is 78.4 cm³/mol. The Morgan fingerprint density at radius 2 is 2.00 bits per heavy atom. The smallest absolute Gasteiger partial charge is 0.323 e. The van der Waals surface area contributed by atoms with Gasteiger partial charge in [-0.2, -0.15) is 0 Å². The highest BCUT2D eigenvalue weighted by Gasteiger charge is 2.21. The zero-order valence-electron chi connectivity index (χ0n) is 12.5. The Labute approximate surface area is 123 Å². The summed E-state index contributed by atoms with van der Waals surface area (Å²) in [5, 5.41) is 19.1. The molecule has 0 unspecified atom stereocenters. The first-order valence-corrected chi connectivity index (χ1v) is 7.25. The molecule has 0 atom stereocenters. The number of piperidine rings is 1. The van der Waals surface area contributed by atoms with Crippen molar-refractivity contribution < 1.29 is 15.0 Å². The lowest BCUT2D eigenvalue weighted by Crippen LogP contribution is -2.34. The summed E-state index contributed by atoms with van der Waals surface area (Å²) in [6.45, 7) is 5.85. The van der Waals surface area contributed by atoms with Crippen LogP contribution in [0.1, 0.15) is 31.2 Å². The molecule has 1 aliphatic heterocycles. The number of aromatic nitrogens is 1. The summed E-state index contributed by atoms with van der Waals surface area (Å²) in [6, 6.07) is 1.28. The molecule has 0 amide bonds. The lowest BCUT2D eigenvalue weighted by atomic mass is 9.99. The van der Waals surface area contributed by atoms with E-state index in [2.05, 4.69) is 11.8 Å². The molecule has 2 heterocycles. The van der Waals surface area contributed by atoms with Crippen molar-refractivity contribution >= 4 is 5.97 Å². The van der Waals surface area contributed by atoms with E-state index < -0.39 is 11.4 Å². The molecule has 0 aromatic carbocycles. The lowest BCUT2D eigenvalue weighted by Gasteiger charge is -2.31. The van der Waals surface area contributed by atoms with Crippen molar-refractivity contribution in [3.8, 4) is 5.75 Å². The topological polar surface area (TPSA) is 82.8 Å². The summed E-state index contributed by atoms with van der Waals surface area (Å²) in [5.74, 6) is -0.635. The Kier molecular flexibility index (Phi) is 4.67. The third-order valence-electron chi connectivity index (χ3n) is 4.14. The summed E-state index contributed by atoms with van der Waals surface area (Å²) in [6.07, 6.45) is 2.16. The maximum absolute atomic E-state index is 11.8. The van der Waals surface area contributed by atoms with Crippen molar-refractivity contribution in [2.45, 2.75) is 39.8 Å². The van der Waals surface area contributed by atoms with E-state index in [1.54, 1.807) is 6.92 Å². The molecule has 0 aliphatic carbocycles. The van der Waals surface area contributed by atoms with Crippen LogP contribution in [-0.4, -0.2) is 38.7 Å². The van der Waals surface area contributed by atoms with Crippen LogP contribution < -0.4 is 5.43 Å². The van der Waals surface area contributed by atoms with Gasteiger partial charge in [-0.3, -0.25) is 14.5 Å². The standard InChI is InChI=1S/C15H22N2O4/c1-10-3-5-16(6-4-10)8-12-15(21)13(18)7-11(2)17(12)9-14(19)20/h7,10,21H,3-6,8-9H2,1-2H3,(H,19,20). The molecule has 1 aromatic rings.